The molecule has 0 spiro atoms. The van der Waals surface area contributed by atoms with E-state index in [1.165, 1.54) is 0 Å². The van der Waals surface area contributed by atoms with Crippen molar-refractivity contribution < 1.29 is 18.8 Å². The quantitative estimate of drug-likeness (QED) is 0.652. The van der Waals surface area contributed by atoms with Gasteiger partial charge in [-0.3, -0.25) is 14.4 Å². The summed E-state index contributed by atoms with van der Waals surface area (Å²) in [5, 5.41) is 2.85. The van der Waals surface area contributed by atoms with E-state index in [-0.39, 0.29) is 17.7 Å². The van der Waals surface area contributed by atoms with E-state index >= 15 is 0 Å². The summed E-state index contributed by atoms with van der Waals surface area (Å²) in [5.74, 6) is 1.17. The van der Waals surface area contributed by atoms with E-state index in [2.05, 4.69) is 5.32 Å². The van der Waals surface area contributed by atoms with E-state index < -0.39 is 6.04 Å². The molecule has 2 aromatic carbocycles. The Bertz CT molecular complexity index is 1210. The lowest BCUT2D eigenvalue weighted by Crippen LogP contribution is -2.44. The van der Waals surface area contributed by atoms with Crippen molar-refractivity contribution in [3.05, 3.63) is 88.9 Å². The van der Waals surface area contributed by atoms with Crippen LogP contribution in [0.15, 0.2) is 65.1 Å². The first-order chi connectivity index (χ1) is 16.0. The van der Waals surface area contributed by atoms with E-state index in [0.29, 0.717) is 48.6 Å². The van der Waals surface area contributed by atoms with Gasteiger partial charge in [-0.25, -0.2) is 0 Å². The molecule has 0 saturated carbocycles. The highest BCUT2D eigenvalue weighted by Gasteiger charge is 2.41. The predicted molar refractivity (Wildman–Crippen MR) is 123 cm³/mol. The highest BCUT2D eigenvalue weighted by molar-refractivity contribution is 6.11. The van der Waals surface area contributed by atoms with Crippen LogP contribution in [0, 0.1) is 6.92 Å². The Balaban J connectivity index is 1.34. The van der Waals surface area contributed by atoms with Gasteiger partial charge in [0.05, 0.1) is 24.3 Å². The van der Waals surface area contributed by atoms with Crippen LogP contribution in [0.25, 0.3) is 0 Å². The van der Waals surface area contributed by atoms with Crippen molar-refractivity contribution in [1.82, 2.24) is 10.2 Å². The first-order valence-electron chi connectivity index (χ1n) is 11.1. The summed E-state index contributed by atoms with van der Waals surface area (Å²) in [6.07, 6.45) is 1.52. The number of amides is 3. The number of hydrogen-bond donors (Lipinski definition) is 1. The van der Waals surface area contributed by atoms with Crippen LogP contribution in [0.5, 0.6) is 0 Å². The molecule has 1 atom stereocenters. The number of rotatable bonds is 5. The molecule has 7 nitrogen and oxygen atoms in total. The summed E-state index contributed by atoms with van der Waals surface area (Å²) in [7, 11) is 0. The monoisotopic (exact) mass is 443 g/mol. The number of fused-ring (bicyclic) bond motifs is 2. The highest BCUT2D eigenvalue weighted by atomic mass is 16.3. The number of aryl methyl sites for hydroxylation is 1. The number of hydrogen-bond acceptors (Lipinski definition) is 4. The lowest BCUT2D eigenvalue weighted by Gasteiger charge is -2.26. The first-order valence-corrected chi connectivity index (χ1v) is 11.1. The van der Waals surface area contributed by atoms with Crippen LogP contribution in [0.4, 0.5) is 5.69 Å². The molecular weight excluding hydrogens is 418 g/mol. The van der Waals surface area contributed by atoms with Gasteiger partial charge < -0.3 is 19.5 Å². The minimum atomic E-state index is -0.416. The molecule has 3 amide bonds. The number of furan rings is 1. The van der Waals surface area contributed by atoms with Crippen molar-refractivity contribution in [1.29, 1.82) is 0 Å². The van der Waals surface area contributed by atoms with Crippen LogP contribution < -0.4 is 10.2 Å². The number of anilines is 1. The molecule has 1 aromatic heterocycles. The topological polar surface area (TPSA) is 82.9 Å². The van der Waals surface area contributed by atoms with Crippen molar-refractivity contribution in [2.75, 3.05) is 11.4 Å². The predicted octanol–water partition coefficient (Wildman–Crippen LogP) is 3.67. The molecule has 3 aromatic rings. The molecule has 33 heavy (non-hydrogen) atoms. The van der Waals surface area contributed by atoms with Gasteiger partial charge in [-0.05, 0) is 61.7 Å². The second-order valence-corrected chi connectivity index (χ2v) is 8.49. The molecule has 0 radical (unpaired) electrons. The zero-order valence-electron chi connectivity index (χ0n) is 18.4. The van der Waals surface area contributed by atoms with Gasteiger partial charge in [0.15, 0.2) is 0 Å². The Kier molecular flexibility index (Phi) is 5.46. The highest BCUT2D eigenvalue weighted by Crippen LogP contribution is 2.33. The number of nitrogens with zero attached hydrogens (tertiary/aromatic N) is 2. The molecule has 3 heterocycles. The molecule has 2 aliphatic rings. The van der Waals surface area contributed by atoms with Crippen molar-refractivity contribution in [2.45, 2.75) is 38.9 Å². The Hall–Kier alpha value is -3.87. The SMILES string of the molecule is Cc1ccc(CNC(=O)c2ccc(CN3C(=O)[C@H]4CCCN4C(=O)c4ccccc43)cc2)o1. The summed E-state index contributed by atoms with van der Waals surface area (Å²) >= 11 is 0. The van der Waals surface area contributed by atoms with E-state index in [1.54, 1.807) is 28.0 Å². The third-order valence-corrected chi connectivity index (χ3v) is 6.27. The number of para-hydroxylation sites is 1. The van der Waals surface area contributed by atoms with E-state index in [4.69, 9.17) is 4.42 Å². The molecule has 1 fully saturated rings. The fourth-order valence-corrected chi connectivity index (χ4v) is 4.57. The standard InChI is InChI=1S/C26H25N3O4/c1-17-8-13-20(33-17)15-27-24(30)19-11-9-18(10-12-19)16-29-22-6-3-2-5-21(22)25(31)28-14-4-7-23(28)26(29)32/h2-3,5-6,8-13,23H,4,7,14-16H2,1H3,(H,27,30)/t23-/m1/s1. The largest absolute Gasteiger partial charge is 0.465 e. The second kappa shape index (κ2) is 8.58. The molecular formula is C26H25N3O4. The third kappa shape index (κ3) is 4.02. The Morgan fingerprint density at radius 2 is 1.85 bits per heavy atom. The molecule has 7 heteroatoms. The summed E-state index contributed by atoms with van der Waals surface area (Å²) in [6.45, 7) is 3.12. The van der Waals surface area contributed by atoms with Crippen molar-refractivity contribution in [2.24, 2.45) is 0 Å². The van der Waals surface area contributed by atoms with Gasteiger partial charge in [-0.2, -0.15) is 0 Å². The third-order valence-electron chi connectivity index (χ3n) is 6.27. The molecule has 0 aliphatic carbocycles. The van der Waals surface area contributed by atoms with Gasteiger partial charge in [0.1, 0.15) is 17.6 Å². The lowest BCUT2D eigenvalue weighted by molar-refractivity contribution is -0.122. The van der Waals surface area contributed by atoms with E-state index in [1.807, 2.05) is 49.4 Å². The summed E-state index contributed by atoms with van der Waals surface area (Å²) < 4.78 is 5.48. The number of carbonyl (C=O) groups is 3. The minimum absolute atomic E-state index is 0.0543. The van der Waals surface area contributed by atoms with Crippen molar-refractivity contribution in [3.63, 3.8) is 0 Å². The van der Waals surface area contributed by atoms with Crippen LogP contribution in [-0.2, 0) is 17.9 Å². The average molecular weight is 444 g/mol. The first kappa shape index (κ1) is 21.0. The molecule has 1 saturated heterocycles. The van der Waals surface area contributed by atoms with Crippen LogP contribution in [0.3, 0.4) is 0 Å². The van der Waals surface area contributed by atoms with Gasteiger partial charge >= 0.3 is 0 Å². The zero-order valence-corrected chi connectivity index (χ0v) is 18.4. The second-order valence-electron chi connectivity index (χ2n) is 8.49. The molecule has 5 rings (SSSR count). The van der Waals surface area contributed by atoms with Crippen LogP contribution >= 0.6 is 0 Å². The molecule has 168 valence electrons. The molecule has 1 N–H and O–H groups in total. The fraction of sp³-hybridized carbons (Fsp3) is 0.269. The Morgan fingerprint density at radius 1 is 1.06 bits per heavy atom. The van der Waals surface area contributed by atoms with Gasteiger partial charge in [0, 0.05) is 12.1 Å². The number of nitrogens with one attached hydrogen (secondary N) is 1. The molecule has 2 aliphatic heterocycles. The Labute approximate surface area is 192 Å². The van der Waals surface area contributed by atoms with Gasteiger partial charge in [-0.1, -0.05) is 24.3 Å². The lowest BCUT2D eigenvalue weighted by atomic mass is 10.1. The van der Waals surface area contributed by atoms with Crippen LogP contribution in [0.1, 0.15) is 50.6 Å². The zero-order chi connectivity index (χ0) is 22.9. The van der Waals surface area contributed by atoms with Gasteiger partial charge in [0.25, 0.3) is 11.8 Å². The average Bonchev–Trinajstić information content (AvgIpc) is 3.48. The number of carbonyl (C=O) groups excluding carboxylic acids is 3. The summed E-state index contributed by atoms with van der Waals surface area (Å²) in [5.41, 5.74) is 2.61. The minimum Gasteiger partial charge on any atom is -0.465 e. The molecule has 0 unspecified atom stereocenters. The van der Waals surface area contributed by atoms with Crippen molar-refractivity contribution in [3.8, 4) is 0 Å². The maximum Gasteiger partial charge on any atom is 0.256 e. The van der Waals surface area contributed by atoms with Gasteiger partial charge in [0.2, 0.25) is 5.91 Å². The number of benzene rings is 2. The summed E-state index contributed by atoms with van der Waals surface area (Å²) in [6, 6.07) is 17.8. The fourth-order valence-electron chi connectivity index (χ4n) is 4.57. The summed E-state index contributed by atoms with van der Waals surface area (Å²) in [4.78, 5) is 42.3. The van der Waals surface area contributed by atoms with E-state index in [9.17, 15) is 14.4 Å². The maximum absolute atomic E-state index is 13.4. The van der Waals surface area contributed by atoms with Crippen molar-refractivity contribution >= 4 is 23.4 Å². The van der Waals surface area contributed by atoms with Gasteiger partial charge in [-0.15, -0.1) is 0 Å². The van der Waals surface area contributed by atoms with Crippen LogP contribution in [-0.4, -0.2) is 35.2 Å². The maximum atomic E-state index is 13.4. The normalized spacial score (nSPS) is 17.5. The van der Waals surface area contributed by atoms with Crippen LogP contribution in [0.2, 0.25) is 0 Å². The van der Waals surface area contributed by atoms with E-state index in [0.717, 1.165) is 17.7 Å². The molecule has 0 bridgehead atoms. The Morgan fingerprint density at radius 3 is 2.61 bits per heavy atom. The smallest absolute Gasteiger partial charge is 0.256 e.